The Hall–Kier alpha value is -2.63. The van der Waals surface area contributed by atoms with E-state index in [4.69, 9.17) is 7.10 Å². The van der Waals surface area contributed by atoms with Gasteiger partial charge in [-0.05, 0) is 44.8 Å². The van der Waals surface area contributed by atoms with Gasteiger partial charge in [-0.2, -0.15) is 11.8 Å². The third kappa shape index (κ3) is 10.7. The molecule has 11 nitrogen and oxygen atoms in total. The van der Waals surface area contributed by atoms with E-state index in [1.165, 1.54) is 16.7 Å². The van der Waals surface area contributed by atoms with Crippen molar-refractivity contribution in [3.63, 3.8) is 0 Å². The lowest BCUT2D eigenvalue weighted by atomic mass is 10.0. The monoisotopic (exact) mass is 514 g/mol. The minimum absolute atomic E-state index is 0.151. The number of rotatable bonds is 16. The summed E-state index contributed by atoms with van der Waals surface area (Å²) in [5.74, 6) is -1.84. The van der Waals surface area contributed by atoms with Crippen LogP contribution in [0, 0.1) is 5.92 Å². The van der Waals surface area contributed by atoms with E-state index in [0.29, 0.717) is 32.2 Å². The van der Waals surface area contributed by atoms with Crippen LogP contribution >= 0.6 is 11.8 Å². The number of hydrogen-bond acceptors (Lipinski definition) is 7. The van der Waals surface area contributed by atoms with Gasteiger partial charge in [0.05, 0.1) is 11.3 Å². The third-order valence-corrected chi connectivity index (χ3v) is 6.65. The van der Waals surface area contributed by atoms with Crippen molar-refractivity contribution in [2.75, 3.05) is 19.3 Å². The van der Waals surface area contributed by atoms with E-state index >= 15 is 0 Å². The second-order valence-corrected chi connectivity index (χ2v) is 9.91. The summed E-state index contributed by atoms with van der Waals surface area (Å²) in [5.41, 5.74) is 5.01. The van der Waals surface area contributed by atoms with Gasteiger partial charge in [-0.3, -0.25) is 28.9 Å². The number of thioether (sulfide) groups is 1. The number of likely N-dealkylation sites (tertiary alicyclic amines) is 1. The molecule has 0 aromatic carbocycles. The number of unbranched alkanes of at least 4 members (excludes halogenated alkanes) is 2. The molecule has 1 fully saturated rings. The van der Waals surface area contributed by atoms with Gasteiger partial charge in [0.1, 0.15) is 6.04 Å². The number of Topliss-reactive ketones (excluding diaryl/α,β-unsaturated/α-hetero) is 1. The standard InChI is InChI=1S/C23H39N5O6S/c1-14(2)20(21(32)26-16(15(3)29)9-8-11-25-23(24)34)27-18(30)10-6-5-7-12-28-19(31)13-17(35-4)22(28)33/h14,16-17,20H,5-13H2,1-4H3,(H,26,32)(H,27,30)(H3,24,25,34)/t16-,17?,20?/m0/s1/i3D. The largest absolute Gasteiger partial charge is 0.352 e. The molecule has 5 N–H and O–H groups in total. The van der Waals surface area contributed by atoms with Crippen LogP contribution in [0.25, 0.3) is 0 Å². The van der Waals surface area contributed by atoms with Crippen molar-refractivity contribution in [2.45, 2.75) is 83.0 Å². The van der Waals surface area contributed by atoms with Crippen LogP contribution in [-0.2, 0) is 24.0 Å². The van der Waals surface area contributed by atoms with E-state index in [-0.39, 0.29) is 54.7 Å². The molecule has 198 valence electrons. The molecule has 0 aliphatic carbocycles. The van der Waals surface area contributed by atoms with Crippen LogP contribution < -0.4 is 21.7 Å². The number of urea groups is 1. The van der Waals surface area contributed by atoms with Crippen molar-refractivity contribution in [2.24, 2.45) is 11.7 Å². The molecule has 0 aromatic rings. The Labute approximate surface area is 212 Å². The second-order valence-electron chi connectivity index (χ2n) is 8.87. The number of hydrogen-bond donors (Lipinski definition) is 4. The highest BCUT2D eigenvalue weighted by Crippen LogP contribution is 2.23. The summed E-state index contributed by atoms with van der Waals surface area (Å²) in [7, 11) is 0. The Morgan fingerprint density at radius 3 is 2.43 bits per heavy atom. The third-order valence-electron chi connectivity index (χ3n) is 5.71. The Balaban J connectivity index is 2.49. The zero-order valence-corrected chi connectivity index (χ0v) is 21.6. The number of carbonyl (C=O) groups is 6. The predicted molar refractivity (Wildman–Crippen MR) is 133 cm³/mol. The number of carbonyl (C=O) groups excluding carboxylic acids is 6. The molecule has 1 heterocycles. The zero-order valence-electron chi connectivity index (χ0n) is 21.8. The maximum absolute atomic E-state index is 12.8. The van der Waals surface area contributed by atoms with E-state index in [2.05, 4.69) is 16.0 Å². The summed E-state index contributed by atoms with van der Waals surface area (Å²) < 4.78 is 7.34. The van der Waals surface area contributed by atoms with Gasteiger partial charge in [0.15, 0.2) is 5.78 Å². The first kappa shape index (κ1) is 28.6. The summed E-state index contributed by atoms with van der Waals surface area (Å²) in [4.78, 5) is 73.5. The van der Waals surface area contributed by atoms with Crippen molar-refractivity contribution >= 4 is 47.2 Å². The molecule has 1 aliphatic heterocycles. The van der Waals surface area contributed by atoms with Crippen molar-refractivity contribution in [1.29, 1.82) is 0 Å². The minimum Gasteiger partial charge on any atom is -0.352 e. The molecule has 1 saturated heterocycles. The Morgan fingerprint density at radius 2 is 1.86 bits per heavy atom. The number of ketones is 1. The number of imide groups is 1. The molecule has 35 heavy (non-hydrogen) atoms. The quantitative estimate of drug-likeness (QED) is 0.174. The molecule has 0 aromatic heterocycles. The molecule has 0 spiro atoms. The highest BCUT2D eigenvalue weighted by Gasteiger charge is 2.37. The van der Waals surface area contributed by atoms with Gasteiger partial charge in [0, 0.05) is 27.3 Å². The van der Waals surface area contributed by atoms with Crippen LogP contribution in [0.5, 0.6) is 0 Å². The first-order valence-corrected chi connectivity index (χ1v) is 13.1. The number of nitrogens with two attached hydrogens (primary N) is 1. The fraction of sp³-hybridized carbons (Fsp3) is 0.739. The van der Waals surface area contributed by atoms with Gasteiger partial charge < -0.3 is 21.7 Å². The Morgan fingerprint density at radius 1 is 1.14 bits per heavy atom. The first-order chi connectivity index (χ1) is 17.0. The van der Waals surface area contributed by atoms with E-state index in [9.17, 15) is 28.8 Å². The van der Waals surface area contributed by atoms with Crippen LogP contribution in [0.4, 0.5) is 4.79 Å². The predicted octanol–water partition coefficient (Wildman–Crippen LogP) is 0.700. The maximum Gasteiger partial charge on any atom is 0.312 e. The average molecular weight is 515 g/mol. The summed E-state index contributed by atoms with van der Waals surface area (Å²) >= 11 is 1.37. The molecular formula is C23H39N5O6S. The van der Waals surface area contributed by atoms with E-state index in [1.807, 2.05) is 0 Å². The smallest absolute Gasteiger partial charge is 0.312 e. The van der Waals surface area contributed by atoms with E-state index in [0.717, 1.165) is 0 Å². The lowest BCUT2D eigenvalue weighted by Gasteiger charge is -2.24. The number of primary amides is 1. The van der Waals surface area contributed by atoms with E-state index < -0.39 is 36.7 Å². The topological polar surface area (TPSA) is 168 Å². The van der Waals surface area contributed by atoms with Crippen molar-refractivity contribution in [1.82, 2.24) is 20.9 Å². The van der Waals surface area contributed by atoms with Crippen molar-refractivity contribution < 1.29 is 30.1 Å². The fourth-order valence-electron chi connectivity index (χ4n) is 3.68. The van der Waals surface area contributed by atoms with Crippen molar-refractivity contribution in [3.05, 3.63) is 0 Å². The molecule has 0 radical (unpaired) electrons. The lowest BCUT2D eigenvalue weighted by molar-refractivity contribution is -0.138. The number of nitrogens with one attached hydrogen (secondary N) is 3. The molecule has 3 atom stereocenters. The summed E-state index contributed by atoms with van der Waals surface area (Å²) in [6, 6.07) is -2.44. The molecule has 1 rings (SSSR count). The van der Waals surface area contributed by atoms with Gasteiger partial charge in [-0.15, -0.1) is 0 Å². The summed E-state index contributed by atoms with van der Waals surface area (Å²) in [6.07, 6.45) is 4.60. The van der Waals surface area contributed by atoms with E-state index in [1.54, 1.807) is 20.1 Å². The SMILES string of the molecule is [2H]CC(=O)[C@H](CCCNC(N)=O)NC(=O)C(NC(=O)CCCCCN1C(=O)CC(SC)C1=O)C(C)C. The van der Waals surface area contributed by atoms with Gasteiger partial charge in [0.25, 0.3) is 0 Å². The molecule has 2 unspecified atom stereocenters. The minimum atomic E-state index is -0.899. The molecule has 6 amide bonds. The van der Waals surface area contributed by atoms with Crippen LogP contribution in [0.3, 0.4) is 0 Å². The molecule has 1 aliphatic rings. The second kappa shape index (κ2) is 15.4. The highest BCUT2D eigenvalue weighted by atomic mass is 32.2. The average Bonchev–Trinajstić information content (AvgIpc) is 3.10. The fourth-order valence-corrected chi connectivity index (χ4v) is 4.32. The van der Waals surface area contributed by atoms with Gasteiger partial charge in [-0.25, -0.2) is 4.79 Å². The van der Waals surface area contributed by atoms with Crippen LogP contribution in [-0.4, -0.2) is 77.0 Å². The maximum atomic E-state index is 12.8. The summed E-state index contributed by atoms with van der Waals surface area (Å²) in [6.45, 7) is 3.62. The highest BCUT2D eigenvalue weighted by molar-refractivity contribution is 8.00. The Kier molecular flexibility index (Phi) is 12.6. The van der Waals surface area contributed by atoms with Crippen LogP contribution in [0.15, 0.2) is 0 Å². The summed E-state index contributed by atoms with van der Waals surface area (Å²) in [5, 5.41) is 7.45. The lowest BCUT2D eigenvalue weighted by Crippen LogP contribution is -2.53. The Bertz CT molecular complexity index is 812. The zero-order chi connectivity index (χ0) is 27.3. The molecule has 0 bridgehead atoms. The van der Waals surface area contributed by atoms with Crippen LogP contribution in [0.2, 0.25) is 0 Å². The van der Waals surface area contributed by atoms with Crippen molar-refractivity contribution in [3.8, 4) is 0 Å². The van der Waals surface area contributed by atoms with Gasteiger partial charge in [-0.1, -0.05) is 20.3 Å². The molecular weight excluding hydrogens is 474 g/mol. The molecule has 0 saturated carbocycles. The first-order valence-electron chi connectivity index (χ1n) is 12.5. The normalized spacial score (nSPS) is 17.7. The van der Waals surface area contributed by atoms with Gasteiger partial charge in [0.2, 0.25) is 23.6 Å². The van der Waals surface area contributed by atoms with Gasteiger partial charge >= 0.3 is 6.03 Å². The number of amides is 6. The molecule has 12 heteroatoms. The number of nitrogens with zero attached hydrogens (tertiary/aromatic N) is 1. The van der Waals surface area contributed by atoms with Crippen LogP contribution in [0.1, 0.15) is 67.1 Å².